The summed E-state index contributed by atoms with van der Waals surface area (Å²) >= 11 is 0. The summed E-state index contributed by atoms with van der Waals surface area (Å²) in [6.45, 7) is 3.92. The number of anilines is 1. The zero-order valence-electron chi connectivity index (χ0n) is 12.0. The Morgan fingerprint density at radius 3 is 3.24 bits per heavy atom. The molecular weight excluding hydrogens is 264 g/mol. The van der Waals surface area contributed by atoms with Crippen molar-refractivity contribution in [2.75, 3.05) is 31.6 Å². The minimum atomic E-state index is 0.244. The fourth-order valence-electron chi connectivity index (χ4n) is 3.37. The number of benzene rings is 1. The van der Waals surface area contributed by atoms with Crippen molar-refractivity contribution in [3.05, 3.63) is 30.6 Å². The highest BCUT2D eigenvalue weighted by Gasteiger charge is 2.32. The van der Waals surface area contributed by atoms with Gasteiger partial charge in [0.1, 0.15) is 12.1 Å². The second-order valence-corrected chi connectivity index (χ2v) is 5.87. The van der Waals surface area contributed by atoms with Crippen LogP contribution in [0.15, 0.2) is 30.6 Å². The standard InChI is InChI=1S/C16H20N4O/c1-2-6-15-14(5-1)16(19-11-18-15)17-8-13-9-20-7-3-4-12(20)10-21-13/h1-2,5-6,11-13H,3-4,7-10H2,(H,17,18,19). The minimum absolute atomic E-state index is 0.244. The molecule has 5 heteroatoms. The third-order valence-corrected chi connectivity index (χ3v) is 4.50. The summed E-state index contributed by atoms with van der Waals surface area (Å²) in [5.74, 6) is 0.896. The van der Waals surface area contributed by atoms with E-state index in [0.29, 0.717) is 6.04 Å². The number of para-hydroxylation sites is 1. The number of nitrogens with one attached hydrogen (secondary N) is 1. The van der Waals surface area contributed by atoms with Gasteiger partial charge in [0, 0.05) is 24.5 Å². The Kier molecular flexibility index (Phi) is 3.45. The van der Waals surface area contributed by atoms with E-state index in [2.05, 4.69) is 26.3 Å². The van der Waals surface area contributed by atoms with Gasteiger partial charge in [-0.15, -0.1) is 0 Å². The van der Waals surface area contributed by atoms with Crippen molar-refractivity contribution >= 4 is 16.7 Å². The topological polar surface area (TPSA) is 50.3 Å². The maximum absolute atomic E-state index is 5.98. The third kappa shape index (κ3) is 2.59. The number of ether oxygens (including phenoxy) is 1. The fraction of sp³-hybridized carbons (Fsp3) is 0.500. The predicted molar refractivity (Wildman–Crippen MR) is 82.4 cm³/mol. The first kappa shape index (κ1) is 13.0. The molecule has 110 valence electrons. The van der Waals surface area contributed by atoms with Crippen LogP contribution < -0.4 is 5.32 Å². The first-order chi connectivity index (χ1) is 10.4. The largest absolute Gasteiger partial charge is 0.373 e. The van der Waals surface area contributed by atoms with Gasteiger partial charge in [-0.1, -0.05) is 12.1 Å². The third-order valence-electron chi connectivity index (χ3n) is 4.50. The van der Waals surface area contributed by atoms with Gasteiger partial charge in [-0.3, -0.25) is 4.90 Å². The molecule has 1 aromatic carbocycles. The van der Waals surface area contributed by atoms with E-state index in [1.807, 2.05) is 18.2 Å². The SMILES string of the molecule is c1ccc2c(NCC3CN4CCCC4CO3)ncnc2c1. The second-order valence-electron chi connectivity index (χ2n) is 5.87. The number of fused-ring (bicyclic) bond motifs is 2. The molecule has 2 aromatic rings. The number of hydrogen-bond acceptors (Lipinski definition) is 5. The molecular formula is C16H20N4O. The van der Waals surface area contributed by atoms with E-state index in [1.165, 1.54) is 19.4 Å². The molecule has 0 saturated carbocycles. The molecule has 2 saturated heterocycles. The Morgan fingerprint density at radius 1 is 1.29 bits per heavy atom. The number of rotatable bonds is 3. The Bertz CT molecular complexity index is 627. The lowest BCUT2D eigenvalue weighted by molar-refractivity contribution is -0.0415. The number of aromatic nitrogens is 2. The Hall–Kier alpha value is -1.72. The van der Waals surface area contributed by atoms with E-state index in [9.17, 15) is 0 Å². The maximum Gasteiger partial charge on any atom is 0.137 e. The summed E-state index contributed by atoms with van der Waals surface area (Å²) < 4.78 is 5.98. The van der Waals surface area contributed by atoms with Crippen molar-refractivity contribution < 1.29 is 4.74 Å². The van der Waals surface area contributed by atoms with Gasteiger partial charge in [0.15, 0.2) is 0 Å². The van der Waals surface area contributed by atoms with Crippen LogP contribution in [0.4, 0.5) is 5.82 Å². The quantitative estimate of drug-likeness (QED) is 0.933. The van der Waals surface area contributed by atoms with Crippen molar-refractivity contribution in [2.24, 2.45) is 0 Å². The van der Waals surface area contributed by atoms with Crippen molar-refractivity contribution in [3.63, 3.8) is 0 Å². The molecule has 21 heavy (non-hydrogen) atoms. The van der Waals surface area contributed by atoms with Crippen molar-refractivity contribution in [2.45, 2.75) is 25.0 Å². The summed E-state index contributed by atoms with van der Waals surface area (Å²) in [4.78, 5) is 11.2. The van der Waals surface area contributed by atoms with Crippen molar-refractivity contribution in [3.8, 4) is 0 Å². The molecule has 0 amide bonds. The van der Waals surface area contributed by atoms with Crippen LogP contribution in [0.2, 0.25) is 0 Å². The molecule has 0 bridgehead atoms. The number of morpholine rings is 1. The predicted octanol–water partition coefficient (Wildman–Crippen LogP) is 1.90. The van der Waals surface area contributed by atoms with Crippen LogP contribution >= 0.6 is 0 Å². The zero-order chi connectivity index (χ0) is 14.1. The molecule has 1 aromatic heterocycles. The van der Waals surface area contributed by atoms with E-state index >= 15 is 0 Å². The van der Waals surface area contributed by atoms with Gasteiger partial charge in [-0.25, -0.2) is 9.97 Å². The van der Waals surface area contributed by atoms with Gasteiger partial charge in [0.05, 0.1) is 18.2 Å². The highest BCUT2D eigenvalue weighted by Crippen LogP contribution is 2.23. The molecule has 2 fully saturated rings. The van der Waals surface area contributed by atoms with Crippen LogP contribution in [0, 0.1) is 0 Å². The summed E-state index contributed by atoms with van der Waals surface area (Å²) in [6.07, 6.45) is 4.46. The van der Waals surface area contributed by atoms with E-state index in [1.54, 1.807) is 6.33 Å². The summed E-state index contributed by atoms with van der Waals surface area (Å²) in [5.41, 5.74) is 0.971. The van der Waals surface area contributed by atoms with Crippen LogP contribution in [0.1, 0.15) is 12.8 Å². The van der Waals surface area contributed by atoms with E-state index in [0.717, 1.165) is 36.4 Å². The summed E-state index contributed by atoms with van der Waals surface area (Å²) in [7, 11) is 0. The Balaban J connectivity index is 1.44. The molecule has 0 aliphatic carbocycles. The van der Waals surface area contributed by atoms with Gasteiger partial charge in [0.25, 0.3) is 0 Å². The lowest BCUT2D eigenvalue weighted by Gasteiger charge is -2.35. The summed E-state index contributed by atoms with van der Waals surface area (Å²) in [5, 5.41) is 4.50. The molecule has 2 aliphatic heterocycles. The van der Waals surface area contributed by atoms with Crippen LogP contribution in [0.3, 0.4) is 0 Å². The van der Waals surface area contributed by atoms with Crippen LogP contribution in [-0.2, 0) is 4.74 Å². The van der Waals surface area contributed by atoms with Crippen molar-refractivity contribution in [1.29, 1.82) is 0 Å². The van der Waals surface area contributed by atoms with Crippen LogP contribution in [0.25, 0.3) is 10.9 Å². The average Bonchev–Trinajstić information content (AvgIpc) is 3.00. The lowest BCUT2D eigenvalue weighted by Crippen LogP contribution is -2.48. The van der Waals surface area contributed by atoms with Gasteiger partial charge in [0.2, 0.25) is 0 Å². The summed E-state index contributed by atoms with van der Waals surface area (Å²) in [6, 6.07) is 8.73. The molecule has 2 aliphatic rings. The zero-order valence-corrected chi connectivity index (χ0v) is 12.0. The fourth-order valence-corrected chi connectivity index (χ4v) is 3.37. The maximum atomic E-state index is 5.98. The smallest absolute Gasteiger partial charge is 0.137 e. The highest BCUT2D eigenvalue weighted by molar-refractivity contribution is 5.88. The van der Waals surface area contributed by atoms with Gasteiger partial charge < -0.3 is 10.1 Å². The molecule has 3 heterocycles. The molecule has 0 spiro atoms. The number of nitrogens with zero attached hydrogens (tertiary/aromatic N) is 3. The van der Waals surface area contributed by atoms with Gasteiger partial charge in [-0.05, 0) is 31.5 Å². The lowest BCUT2D eigenvalue weighted by atomic mass is 10.2. The highest BCUT2D eigenvalue weighted by atomic mass is 16.5. The molecule has 4 rings (SSSR count). The molecule has 1 N–H and O–H groups in total. The molecule has 0 radical (unpaired) electrons. The first-order valence-corrected chi connectivity index (χ1v) is 7.69. The number of hydrogen-bond donors (Lipinski definition) is 1. The molecule has 2 unspecified atom stereocenters. The van der Waals surface area contributed by atoms with Crippen LogP contribution in [-0.4, -0.2) is 53.3 Å². The van der Waals surface area contributed by atoms with Gasteiger partial charge in [-0.2, -0.15) is 0 Å². The van der Waals surface area contributed by atoms with Crippen molar-refractivity contribution in [1.82, 2.24) is 14.9 Å². The van der Waals surface area contributed by atoms with E-state index in [4.69, 9.17) is 4.74 Å². The second kappa shape index (κ2) is 5.58. The normalized spacial score (nSPS) is 25.9. The first-order valence-electron chi connectivity index (χ1n) is 7.69. The van der Waals surface area contributed by atoms with Gasteiger partial charge >= 0.3 is 0 Å². The average molecular weight is 284 g/mol. The Morgan fingerprint density at radius 2 is 2.24 bits per heavy atom. The molecule has 5 nitrogen and oxygen atoms in total. The minimum Gasteiger partial charge on any atom is -0.373 e. The van der Waals surface area contributed by atoms with E-state index in [-0.39, 0.29) is 6.10 Å². The van der Waals surface area contributed by atoms with Crippen LogP contribution in [0.5, 0.6) is 0 Å². The monoisotopic (exact) mass is 284 g/mol. The molecule has 2 atom stereocenters. The van der Waals surface area contributed by atoms with E-state index < -0.39 is 0 Å². The Labute approximate surface area is 124 Å².